The normalized spacial score (nSPS) is 13.3. The summed E-state index contributed by atoms with van der Waals surface area (Å²) in [5.41, 5.74) is -0.412. The molecule has 3 rings (SSSR count). The Balaban J connectivity index is 1.86. The minimum absolute atomic E-state index is 0.0838. The first-order chi connectivity index (χ1) is 14.0. The van der Waals surface area contributed by atoms with Gasteiger partial charge in [-0.05, 0) is 43.7 Å². The van der Waals surface area contributed by atoms with E-state index in [2.05, 4.69) is 4.98 Å². The van der Waals surface area contributed by atoms with Crippen molar-refractivity contribution in [3.63, 3.8) is 0 Å². The van der Waals surface area contributed by atoms with Crippen LogP contribution in [-0.2, 0) is 12.4 Å². The molecule has 2 nitrogen and oxygen atoms in total. The van der Waals surface area contributed by atoms with Crippen molar-refractivity contribution in [3.05, 3.63) is 70.2 Å². The molecule has 3 aromatic rings. The summed E-state index contributed by atoms with van der Waals surface area (Å²) >= 11 is 1.25. The van der Waals surface area contributed by atoms with Gasteiger partial charge >= 0.3 is 12.4 Å². The number of ether oxygens (including phenoxy) is 1. The first-order valence-electron chi connectivity index (χ1n) is 8.98. The van der Waals surface area contributed by atoms with Crippen molar-refractivity contribution in [1.82, 2.24) is 4.98 Å². The van der Waals surface area contributed by atoms with E-state index in [4.69, 9.17) is 4.74 Å². The molecular formula is C21H17F6NOS. The first-order valence-corrected chi connectivity index (χ1v) is 9.79. The van der Waals surface area contributed by atoms with Crippen LogP contribution in [0.5, 0.6) is 5.75 Å². The molecule has 1 heterocycles. The van der Waals surface area contributed by atoms with E-state index >= 15 is 0 Å². The average molecular weight is 445 g/mol. The van der Waals surface area contributed by atoms with Crippen LogP contribution in [0.3, 0.4) is 0 Å². The summed E-state index contributed by atoms with van der Waals surface area (Å²) in [6, 6.07) is 9.30. The lowest BCUT2D eigenvalue weighted by atomic mass is 10.1. The highest BCUT2D eigenvalue weighted by Crippen LogP contribution is 2.38. The van der Waals surface area contributed by atoms with E-state index in [1.807, 2.05) is 6.92 Å². The molecule has 2 aromatic carbocycles. The molecule has 0 aliphatic heterocycles. The monoisotopic (exact) mass is 445 g/mol. The van der Waals surface area contributed by atoms with Gasteiger partial charge in [0.05, 0.1) is 21.7 Å². The van der Waals surface area contributed by atoms with E-state index in [0.717, 1.165) is 24.3 Å². The fourth-order valence-corrected chi connectivity index (χ4v) is 4.05. The maximum atomic E-state index is 12.9. The van der Waals surface area contributed by atoms with Crippen molar-refractivity contribution in [3.8, 4) is 16.3 Å². The number of hydrogen-bond acceptors (Lipinski definition) is 3. The van der Waals surface area contributed by atoms with E-state index in [9.17, 15) is 26.3 Å². The summed E-state index contributed by atoms with van der Waals surface area (Å²) in [4.78, 5) is 5.13. The second-order valence-electron chi connectivity index (χ2n) is 6.58. The van der Waals surface area contributed by atoms with Crippen LogP contribution >= 0.6 is 11.3 Å². The molecule has 1 unspecified atom stereocenters. The Morgan fingerprint density at radius 1 is 0.933 bits per heavy atom. The Morgan fingerprint density at radius 3 is 2.13 bits per heavy atom. The molecule has 1 atom stereocenters. The Kier molecular flexibility index (Phi) is 6.12. The lowest BCUT2D eigenvalue weighted by Gasteiger charge is -2.18. The molecule has 1 aromatic heterocycles. The molecule has 0 bridgehead atoms. The molecule has 9 heteroatoms. The summed E-state index contributed by atoms with van der Waals surface area (Å²) in [6.07, 6.45) is -8.95. The van der Waals surface area contributed by atoms with E-state index in [-0.39, 0.29) is 5.75 Å². The standard InChI is InChI=1S/C21H17F6NOS/c1-3-17(29-16-6-4-5-15(11-16)21(25,26)27)18-12(2)28-19(30-18)13-7-9-14(10-8-13)20(22,23)24/h4-11,17H,3H2,1-2H3. The molecule has 0 fully saturated rings. The molecule has 0 aliphatic carbocycles. The maximum Gasteiger partial charge on any atom is 0.416 e. The molecule has 30 heavy (non-hydrogen) atoms. The third-order valence-electron chi connectivity index (χ3n) is 4.39. The predicted molar refractivity (Wildman–Crippen MR) is 102 cm³/mol. The van der Waals surface area contributed by atoms with E-state index in [1.165, 1.54) is 35.6 Å². The highest BCUT2D eigenvalue weighted by molar-refractivity contribution is 7.15. The van der Waals surface area contributed by atoms with Crippen LogP contribution in [0.4, 0.5) is 26.3 Å². The van der Waals surface area contributed by atoms with Crippen molar-refractivity contribution < 1.29 is 31.1 Å². The predicted octanol–water partition coefficient (Wildman–Crippen LogP) is 7.69. The zero-order valence-electron chi connectivity index (χ0n) is 15.9. The number of nitrogens with zero attached hydrogens (tertiary/aromatic N) is 1. The lowest BCUT2D eigenvalue weighted by Crippen LogP contribution is -2.08. The molecular weight excluding hydrogens is 428 g/mol. The van der Waals surface area contributed by atoms with Gasteiger partial charge in [0.15, 0.2) is 0 Å². The van der Waals surface area contributed by atoms with Crippen LogP contribution in [-0.4, -0.2) is 4.98 Å². The summed E-state index contributed by atoms with van der Waals surface area (Å²) < 4.78 is 82.9. The quantitative estimate of drug-likeness (QED) is 0.376. The largest absolute Gasteiger partial charge is 0.485 e. The van der Waals surface area contributed by atoms with Crippen molar-refractivity contribution in [2.24, 2.45) is 0 Å². The van der Waals surface area contributed by atoms with E-state index in [1.54, 1.807) is 6.92 Å². The fourth-order valence-electron chi connectivity index (χ4n) is 2.86. The Morgan fingerprint density at radius 2 is 1.57 bits per heavy atom. The SMILES string of the molecule is CCC(Oc1cccc(C(F)(F)F)c1)c1sc(-c2ccc(C(F)(F)F)cc2)nc1C. The molecule has 0 amide bonds. The highest BCUT2D eigenvalue weighted by atomic mass is 32.1. The van der Waals surface area contributed by atoms with Gasteiger partial charge in [-0.2, -0.15) is 26.3 Å². The third-order valence-corrected chi connectivity index (χ3v) is 5.69. The summed E-state index contributed by atoms with van der Waals surface area (Å²) in [5, 5.41) is 0.516. The minimum Gasteiger partial charge on any atom is -0.485 e. The van der Waals surface area contributed by atoms with Gasteiger partial charge in [0.25, 0.3) is 0 Å². The first kappa shape index (κ1) is 22.1. The van der Waals surface area contributed by atoms with Crippen LogP contribution < -0.4 is 4.74 Å². The van der Waals surface area contributed by atoms with Gasteiger partial charge in [0.1, 0.15) is 16.9 Å². The molecule has 0 aliphatic rings. The summed E-state index contributed by atoms with van der Waals surface area (Å²) in [7, 11) is 0. The van der Waals surface area contributed by atoms with Crippen LogP contribution in [0, 0.1) is 6.92 Å². The average Bonchev–Trinajstić information content (AvgIpc) is 3.06. The summed E-state index contributed by atoms with van der Waals surface area (Å²) in [5.74, 6) is 0.0838. The third kappa shape index (κ3) is 4.95. The van der Waals surface area contributed by atoms with Gasteiger partial charge in [-0.3, -0.25) is 0 Å². The fraction of sp³-hybridized carbons (Fsp3) is 0.286. The molecule has 160 valence electrons. The van der Waals surface area contributed by atoms with Gasteiger partial charge in [-0.1, -0.05) is 25.1 Å². The van der Waals surface area contributed by atoms with Crippen LogP contribution in [0.25, 0.3) is 10.6 Å². The van der Waals surface area contributed by atoms with E-state index in [0.29, 0.717) is 27.6 Å². The Hall–Kier alpha value is -2.55. The minimum atomic E-state index is -4.47. The number of hydrogen-bond donors (Lipinski definition) is 0. The van der Waals surface area contributed by atoms with Crippen molar-refractivity contribution in [2.75, 3.05) is 0 Å². The lowest BCUT2D eigenvalue weighted by molar-refractivity contribution is -0.138. The Labute approximate surface area is 173 Å². The number of aryl methyl sites for hydroxylation is 1. The van der Waals surface area contributed by atoms with E-state index < -0.39 is 29.6 Å². The second kappa shape index (κ2) is 8.29. The van der Waals surface area contributed by atoms with Gasteiger partial charge in [0.2, 0.25) is 0 Å². The number of alkyl halides is 6. The van der Waals surface area contributed by atoms with Crippen molar-refractivity contribution in [2.45, 2.75) is 38.7 Å². The van der Waals surface area contributed by atoms with Crippen molar-refractivity contribution >= 4 is 11.3 Å². The number of rotatable bonds is 5. The topological polar surface area (TPSA) is 22.1 Å². The van der Waals surface area contributed by atoms with Crippen LogP contribution in [0.15, 0.2) is 48.5 Å². The van der Waals surface area contributed by atoms with Gasteiger partial charge in [-0.25, -0.2) is 4.98 Å². The van der Waals surface area contributed by atoms with Gasteiger partial charge < -0.3 is 4.74 Å². The zero-order chi connectivity index (χ0) is 22.1. The van der Waals surface area contributed by atoms with Crippen LogP contribution in [0.1, 0.15) is 41.1 Å². The number of halogens is 6. The molecule has 0 spiro atoms. The van der Waals surface area contributed by atoms with Gasteiger partial charge in [0, 0.05) is 5.56 Å². The number of aromatic nitrogens is 1. The number of thiazole rings is 1. The van der Waals surface area contributed by atoms with Crippen molar-refractivity contribution in [1.29, 1.82) is 0 Å². The molecule has 0 radical (unpaired) electrons. The maximum absolute atomic E-state index is 12.9. The number of benzene rings is 2. The van der Waals surface area contributed by atoms with Crippen LogP contribution in [0.2, 0.25) is 0 Å². The Bertz CT molecular complexity index is 1010. The highest BCUT2D eigenvalue weighted by Gasteiger charge is 2.31. The van der Waals surface area contributed by atoms with Gasteiger partial charge in [-0.15, -0.1) is 11.3 Å². The molecule has 0 N–H and O–H groups in total. The molecule has 0 saturated heterocycles. The second-order valence-corrected chi connectivity index (χ2v) is 7.61. The molecule has 0 saturated carbocycles. The summed E-state index contributed by atoms with van der Waals surface area (Å²) in [6.45, 7) is 3.56. The smallest absolute Gasteiger partial charge is 0.416 e. The zero-order valence-corrected chi connectivity index (χ0v) is 16.8.